The molecule has 170 valence electrons. The van der Waals surface area contributed by atoms with Crippen LogP contribution in [0.1, 0.15) is 12.5 Å². The second-order valence-corrected chi connectivity index (χ2v) is 7.83. The summed E-state index contributed by atoms with van der Waals surface area (Å²) >= 11 is 1.42. The van der Waals surface area contributed by atoms with Gasteiger partial charge in [0.25, 0.3) is 0 Å². The average Bonchev–Trinajstić information content (AvgIpc) is 3.26. The number of ether oxygens (including phenoxy) is 3. The topological polar surface area (TPSA) is 108 Å². The van der Waals surface area contributed by atoms with Crippen LogP contribution >= 0.6 is 11.8 Å². The molecule has 0 amide bonds. The molecule has 0 bridgehead atoms. The Morgan fingerprint density at radius 1 is 1.15 bits per heavy atom. The number of hydrogen-bond donors (Lipinski definition) is 1. The molecule has 1 aliphatic heterocycles. The summed E-state index contributed by atoms with van der Waals surface area (Å²) in [5.41, 5.74) is 2.21. The molecule has 1 aromatic heterocycles. The number of aromatic nitrogens is 3. The Balaban J connectivity index is 1.76. The Bertz CT molecular complexity index is 1230. The third kappa shape index (κ3) is 4.70. The SMILES string of the molecule is CCOC(=O)/C(=C/c1ccc(OC)c(O)c1)C1=Nn2c(nnc2-c2ccc(OC)cc2)SC1. The van der Waals surface area contributed by atoms with Crippen LogP contribution in [0.25, 0.3) is 17.5 Å². The van der Waals surface area contributed by atoms with Crippen molar-refractivity contribution in [3.8, 4) is 28.6 Å². The third-order valence-electron chi connectivity index (χ3n) is 4.84. The van der Waals surface area contributed by atoms with Crippen molar-refractivity contribution in [2.45, 2.75) is 12.1 Å². The Hall–Kier alpha value is -3.79. The fourth-order valence-corrected chi connectivity index (χ4v) is 4.04. The highest BCUT2D eigenvalue weighted by Crippen LogP contribution is 2.31. The monoisotopic (exact) mass is 466 g/mol. The lowest BCUT2D eigenvalue weighted by molar-refractivity contribution is -0.137. The van der Waals surface area contributed by atoms with Gasteiger partial charge < -0.3 is 19.3 Å². The number of phenolic OH excluding ortho intramolecular Hbond substituents is 1. The molecule has 4 rings (SSSR count). The molecule has 1 N–H and O–H groups in total. The first-order valence-corrected chi connectivity index (χ1v) is 11.1. The van der Waals surface area contributed by atoms with E-state index in [-0.39, 0.29) is 17.9 Å². The smallest absolute Gasteiger partial charge is 0.340 e. The molecule has 0 saturated heterocycles. The van der Waals surface area contributed by atoms with Crippen LogP contribution in [0.2, 0.25) is 0 Å². The zero-order chi connectivity index (χ0) is 23.4. The summed E-state index contributed by atoms with van der Waals surface area (Å²) in [6.07, 6.45) is 1.64. The second kappa shape index (κ2) is 9.78. The van der Waals surface area contributed by atoms with Crippen molar-refractivity contribution >= 4 is 29.5 Å². The first-order valence-electron chi connectivity index (χ1n) is 10.1. The fourth-order valence-electron chi connectivity index (χ4n) is 3.21. The zero-order valence-electron chi connectivity index (χ0n) is 18.3. The van der Waals surface area contributed by atoms with Crippen LogP contribution in [0, 0.1) is 0 Å². The number of aromatic hydroxyl groups is 1. The van der Waals surface area contributed by atoms with E-state index in [4.69, 9.17) is 14.2 Å². The molecule has 33 heavy (non-hydrogen) atoms. The number of benzene rings is 2. The summed E-state index contributed by atoms with van der Waals surface area (Å²) in [4.78, 5) is 12.8. The highest BCUT2D eigenvalue weighted by atomic mass is 32.2. The van der Waals surface area contributed by atoms with Crippen LogP contribution in [0.4, 0.5) is 0 Å². The van der Waals surface area contributed by atoms with Crippen LogP contribution in [0.5, 0.6) is 17.2 Å². The summed E-state index contributed by atoms with van der Waals surface area (Å²) in [5.74, 6) is 1.49. The maximum atomic E-state index is 12.8. The normalized spacial score (nSPS) is 13.2. The number of thioether (sulfide) groups is 1. The molecule has 0 saturated carbocycles. The molecule has 2 aromatic carbocycles. The van der Waals surface area contributed by atoms with E-state index in [0.717, 1.165) is 11.3 Å². The lowest BCUT2D eigenvalue weighted by Gasteiger charge is -2.16. The first-order chi connectivity index (χ1) is 16.0. The van der Waals surface area contributed by atoms with Gasteiger partial charge in [0.15, 0.2) is 17.3 Å². The minimum atomic E-state index is -0.505. The number of hydrogen-bond acceptors (Lipinski definition) is 9. The van der Waals surface area contributed by atoms with Crippen molar-refractivity contribution in [3.05, 3.63) is 53.6 Å². The molecular weight excluding hydrogens is 444 g/mol. The molecule has 0 unspecified atom stereocenters. The average molecular weight is 467 g/mol. The Labute approximate surface area is 194 Å². The number of esters is 1. The van der Waals surface area contributed by atoms with Gasteiger partial charge in [-0.15, -0.1) is 10.2 Å². The number of fused-ring (bicyclic) bond motifs is 1. The van der Waals surface area contributed by atoms with E-state index >= 15 is 0 Å². The number of carbonyl (C=O) groups is 1. The van der Waals surface area contributed by atoms with E-state index < -0.39 is 5.97 Å². The van der Waals surface area contributed by atoms with Crippen LogP contribution < -0.4 is 9.47 Å². The summed E-state index contributed by atoms with van der Waals surface area (Å²) in [6, 6.07) is 12.3. The van der Waals surface area contributed by atoms with E-state index in [1.807, 2.05) is 24.3 Å². The van der Waals surface area contributed by atoms with Gasteiger partial charge in [-0.1, -0.05) is 17.8 Å². The Morgan fingerprint density at radius 3 is 2.61 bits per heavy atom. The Morgan fingerprint density at radius 2 is 1.94 bits per heavy atom. The number of carbonyl (C=O) groups excluding carboxylic acids is 1. The zero-order valence-corrected chi connectivity index (χ0v) is 19.1. The molecular formula is C23H22N4O5S. The fraction of sp³-hybridized carbons (Fsp3) is 0.217. The van der Waals surface area contributed by atoms with Gasteiger partial charge in [-0.25, -0.2) is 4.79 Å². The van der Waals surface area contributed by atoms with Crippen molar-refractivity contribution in [2.24, 2.45) is 5.10 Å². The predicted molar refractivity (Wildman–Crippen MR) is 125 cm³/mol. The summed E-state index contributed by atoms with van der Waals surface area (Å²) in [7, 11) is 3.08. The van der Waals surface area contributed by atoms with E-state index in [9.17, 15) is 9.90 Å². The van der Waals surface area contributed by atoms with Gasteiger partial charge in [0.05, 0.1) is 32.1 Å². The van der Waals surface area contributed by atoms with Crippen molar-refractivity contribution in [1.82, 2.24) is 14.9 Å². The quantitative estimate of drug-likeness (QED) is 0.415. The lowest BCUT2D eigenvalue weighted by Crippen LogP contribution is -2.21. The van der Waals surface area contributed by atoms with E-state index in [1.54, 1.807) is 36.9 Å². The Kier molecular flexibility index (Phi) is 6.64. The van der Waals surface area contributed by atoms with Crippen LogP contribution in [-0.2, 0) is 9.53 Å². The van der Waals surface area contributed by atoms with E-state index in [0.29, 0.717) is 33.8 Å². The minimum Gasteiger partial charge on any atom is -0.504 e. The highest BCUT2D eigenvalue weighted by molar-refractivity contribution is 7.99. The number of nitrogens with zero attached hydrogens (tertiary/aromatic N) is 4. The summed E-state index contributed by atoms with van der Waals surface area (Å²) in [5, 5.41) is 23.9. The van der Waals surface area contributed by atoms with Crippen LogP contribution in [0.3, 0.4) is 0 Å². The number of rotatable bonds is 7. The second-order valence-electron chi connectivity index (χ2n) is 6.89. The first kappa shape index (κ1) is 22.4. The molecule has 0 fully saturated rings. The largest absolute Gasteiger partial charge is 0.504 e. The van der Waals surface area contributed by atoms with Gasteiger partial charge in [-0.05, 0) is 55.0 Å². The molecule has 0 atom stereocenters. The van der Waals surface area contributed by atoms with Gasteiger partial charge in [0, 0.05) is 11.3 Å². The maximum Gasteiger partial charge on any atom is 0.340 e. The summed E-state index contributed by atoms with van der Waals surface area (Å²) in [6.45, 7) is 1.96. The molecule has 2 heterocycles. The van der Waals surface area contributed by atoms with E-state index in [2.05, 4.69) is 15.3 Å². The van der Waals surface area contributed by atoms with Crippen LogP contribution in [0.15, 0.2) is 58.3 Å². The van der Waals surface area contributed by atoms with E-state index in [1.165, 1.54) is 24.9 Å². The maximum absolute atomic E-state index is 12.8. The highest BCUT2D eigenvalue weighted by Gasteiger charge is 2.25. The van der Waals surface area contributed by atoms with Crippen molar-refractivity contribution in [1.29, 1.82) is 0 Å². The molecule has 1 aliphatic rings. The van der Waals surface area contributed by atoms with Crippen LogP contribution in [-0.4, -0.2) is 58.2 Å². The molecule has 10 heteroatoms. The van der Waals surface area contributed by atoms with Gasteiger partial charge in [-0.2, -0.15) is 9.78 Å². The number of methoxy groups -OCH3 is 2. The molecule has 0 aliphatic carbocycles. The van der Waals surface area contributed by atoms with Crippen molar-refractivity contribution in [2.75, 3.05) is 26.6 Å². The van der Waals surface area contributed by atoms with Crippen molar-refractivity contribution < 1.29 is 24.1 Å². The van der Waals surface area contributed by atoms with Crippen molar-refractivity contribution in [3.63, 3.8) is 0 Å². The van der Waals surface area contributed by atoms with Gasteiger partial charge in [0.2, 0.25) is 5.16 Å². The molecule has 0 spiro atoms. The number of phenols is 1. The lowest BCUT2D eigenvalue weighted by atomic mass is 10.1. The molecule has 3 aromatic rings. The standard InChI is InChI=1S/C23H22N4O5S/c1-4-32-22(29)17(11-14-5-10-20(31-3)19(28)12-14)18-13-33-23-25-24-21(27(23)26-18)15-6-8-16(30-2)9-7-15/h5-12,28H,4,13H2,1-3H3/b17-11+. The molecule has 0 radical (unpaired) electrons. The van der Waals surface area contributed by atoms with Gasteiger partial charge >= 0.3 is 5.97 Å². The third-order valence-corrected chi connectivity index (χ3v) is 5.77. The minimum absolute atomic E-state index is 0.0303. The summed E-state index contributed by atoms with van der Waals surface area (Å²) < 4.78 is 17.2. The predicted octanol–water partition coefficient (Wildman–Crippen LogP) is 3.62. The molecule has 9 nitrogen and oxygen atoms in total. The van der Waals surface area contributed by atoms with Gasteiger partial charge in [-0.3, -0.25) is 0 Å². The van der Waals surface area contributed by atoms with Gasteiger partial charge in [0.1, 0.15) is 5.75 Å².